The van der Waals surface area contributed by atoms with Crippen LogP contribution in [0, 0.1) is 6.92 Å². The summed E-state index contributed by atoms with van der Waals surface area (Å²) in [5.74, 6) is 2.20. The first-order valence-electron chi connectivity index (χ1n) is 8.41. The van der Waals surface area contributed by atoms with Crippen molar-refractivity contribution in [2.75, 3.05) is 10.6 Å². The lowest BCUT2D eigenvalue weighted by molar-refractivity contribution is 0.711. The molecule has 0 radical (unpaired) electrons. The van der Waals surface area contributed by atoms with Gasteiger partial charge in [0.1, 0.15) is 5.82 Å². The van der Waals surface area contributed by atoms with Crippen LogP contribution < -0.4 is 10.6 Å². The van der Waals surface area contributed by atoms with E-state index in [0.29, 0.717) is 23.9 Å². The van der Waals surface area contributed by atoms with Crippen LogP contribution >= 0.6 is 0 Å². The van der Waals surface area contributed by atoms with Crippen LogP contribution in [0.15, 0.2) is 24.5 Å². The lowest BCUT2D eigenvalue weighted by Gasteiger charge is -2.15. The van der Waals surface area contributed by atoms with Crippen molar-refractivity contribution in [3.63, 3.8) is 0 Å². The topological polar surface area (TPSA) is 75.6 Å². The molecule has 23 heavy (non-hydrogen) atoms. The molecule has 2 heterocycles. The van der Waals surface area contributed by atoms with Gasteiger partial charge >= 0.3 is 0 Å². The Morgan fingerprint density at radius 1 is 0.913 bits per heavy atom. The fourth-order valence-electron chi connectivity index (χ4n) is 3.10. The van der Waals surface area contributed by atoms with E-state index in [1.165, 1.54) is 18.4 Å². The molecule has 0 saturated heterocycles. The van der Waals surface area contributed by atoms with E-state index in [1.54, 1.807) is 0 Å². The molecule has 120 valence electrons. The van der Waals surface area contributed by atoms with E-state index in [-0.39, 0.29) is 0 Å². The first-order chi connectivity index (χ1) is 11.3. The lowest BCUT2D eigenvalue weighted by Crippen LogP contribution is -2.22. The Balaban J connectivity index is 1.30. The number of rotatable bonds is 5. The largest absolute Gasteiger partial charge is 0.367 e. The second-order valence-corrected chi connectivity index (χ2v) is 6.70. The molecule has 0 aromatic carbocycles. The zero-order valence-corrected chi connectivity index (χ0v) is 13.4. The average Bonchev–Trinajstić information content (AvgIpc) is 3.32. The first kappa shape index (κ1) is 14.4. The van der Waals surface area contributed by atoms with Crippen molar-refractivity contribution in [3.8, 4) is 0 Å². The molecule has 2 aliphatic rings. The highest BCUT2D eigenvalue weighted by atomic mass is 15.2. The van der Waals surface area contributed by atoms with Gasteiger partial charge in [-0.15, -0.1) is 10.2 Å². The third-order valence-electron chi connectivity index (χ3n) is 4.60. The Bertz CT molecular complexity index is 650. The van der Waals surface area contributed by atoms with Crippen LogP contribution in [0.25, 0.3) is 0 Å². The maximum atomic E-state index is 4.42. The van der Waals surface area contributed by atoms with Gasteiger partial charge in [-0.1, -0.05) is 6.07 Å². The summed E-state index contributed by atoms with van der Waals surface area (Å²) in [6.45, 7) is 2.05. The van der Waals surface area contributed by atoms with Crippen molar-refractivity contribution in [1.82, 2.24) is 20.2 Å². The molecule has 2 fully saturated rings. The molecule has 2 atom stereocenters. The summed E-state index contributed by atoms with van der Waals surface area (Å²) in [5.41, 5.74) is 2.22. The Morgan fingerprint density at radius 2 is 1.74 bits per heavy atom. The molecule has 0 spiro atoms. The van der Waals surface area contributed by atoms with Gasteiger partial charge in [0.2, 0.25) is 5.95 Å². The van der Waals surface area contributed by atoms with Gasteiger partial charge in [0.05, 0.1) is 11.9 Å². The summed E-state index contributed by atoms with van der Waals surface area (Å²) in [4.78, 5) is 8.82. The molecule has 2 saturated carbocycles. The second kappa shape index (κ2) is 6.10. The van der Waals surface area contributed by atoms with E-state index in [0.717, 1.165) is 30.8 Å². The van der Waals surface area contributed by atoms with Crippen LogP contribution in [0.1, 0.15) is 49.3 Å². The summed E-state index contributed by atoms with van der Waals surface area (Å²) < 4.78 is 0. The summed E-state index contributed by atoms with van der Waals surface area (Å²) in [6, 6.07) is 4.97. The predicted molar refractivity (Wildman–Crippen MR) is 89.4 cm³/mol. The van der Waals surface area contributed by atoms with Crippen molar-refractivity contribution in [2.24, 2.45) is 0 Å². The third kappa shape index (κ3) is 3.57. The summed E-state index contributed by atoms with van der Waals surface area (Å²) >= 11 is 0. The molecule has 0 aliphatic heterocycles. The van der Waals surface area contributed by atoms with Gasteiger partial charge < -0.3 is 10.6 Å². The molecular weight excluding hydrogens is 288 g/mol. The fraction of sp³-hybridized carbons (Fsp3) is 0.529. The standard InChI is InChI=1S/C17H22N6/c1-11-2-7-16(18-9-11)20-13-5-6-14(8-13)21-17-19-10-15(22-23-17)12-3-4-12/h2,7,9-10,12-14H,3-6,8H2,1H3,(H,18,20)(H,19,21,23)/t13-,14-/m0/s1. The van der Waals surface area contributed by atoms with Gasteiger partial charge in [-0.25, -0.2) is 9.97 Å². The highest BCUT2D eigenvalue weighted by Gasteiger charge is 2.27. The van der Waals surface area contributed by atoms with E-state index in [4.69, 9.17) is 0 Å². The molecule has 2 aliphatic carbocycles. The first-order valence-corrected chi connectivity index (χ1v) is 8.41. The highest BCUT2D eigenvalue weighted by Crippen LogP contribution is 2.38. The third-order valence-corrected chi connectivity index (χ3v) is 4.60. The predicted octanol–water partition coefficient (Wildman–Crippen LogP) is 2.90. The SMILES string of the molecule is Cc1ccc(N[C@H]2CC[C@H](Nc3ncc(C4CC4)nn3)C2)nc1. The van der Waals surface area contributed by atoms with Crippen molar-refractivity contribution >= 4 is 11.8 Å². The molecule has 0 amide bonds. The van der Waals surface area contributed by atoms with Gasteiger partial charge in [0.15, 0.2) is 0 Å². The molecule has 4 rings (SSSR count). The zero-order valence-electron chi connectivity index (χ0n) is 13.4. The Labute approximate surface area is 136 Å². The molecular formula is C17H22N6. The van der Waals surface area contributed by atoms with E-state index >= 15 is 0 Å². The molecule has 2 N–H and O–H groups in total. The smallest absolute Gasteiger partial charge is 0.242 e. The maximum absolute atomic E-state index is 4.42. The van der Waals surface area contributed by atoms with Crippen molar-refractivity contribution in [1.29, 1.82) is 0 Å². The van der Waals surface area contributed by atoms with Gasteiger partial charge in [-0.05, 0) is 50.7 Å². The number of hydrogen-bond donors (Lipinski definition) is 2. The second-order valence-electron chi connectivity index (χ2n) is 6.70. The maximum Gasteiger partial charge on any atom is 0.242 e. The Kier molecular flexibility index (Phi) is 3.81. The van der Waals surface area contributed by atoms with Crippen LogP contribution in [0.2, 0.25) is 0 Å². The zero-order chi connectivity index (χ0) is 15.6. The minimum absolute atomic E-state index is 0.395. The highest BCUT2D eigenvalue weighted by molar-refractivity contribution is 5.37. The minimum atomic E-state index is 0.395. The van der Waals surface area contributed by atoms with Crippen LogP contribution in [0.5, 0.6) is 0 Å². The number of pyridine rings is 1. The summed E-state index contributed by atoms with van der Waals surface area (Å²) in [6.07, 6.45) is 9.50. The lowest BCUT2D eigenvalue weighted by atomic mass is 10.2. The number of aryl methyl sites for hydroxylation is 1. The van der Waals surface area contributed by atoms with Crippen molar-refractivity contribution in [2.45, 2.75) is 57.0 Å². The molecule has 6 heteroatoms. The normalized spacial score (nSPS) is 23.7. The number of hydrogen-bond acceptors (Lipinski definition) is 6. The molecule has 6 nitrogen and oxygen atoms in total. The average molecular weight is 310 g/mol. The number of nitrogens with zero attached hydrogens (tertiary/aromatic N) is 4. The quantitative estimate of drug-likeness (QED) is 0.884. The molecule has 2 aromatic rings. The Morgan fingerprint density at radius 3 is 2.39 bits per heavy atom. The molecule has 0 unspecified atom stereocenters. The minimum Gasteiger partial charge on any atom is -0.367 e. The van der Waals surface area contributed by atoms with Gasteiger partial charge in [0.25, 0.3) is 0 Å². The Hall–Kier alpha value is -2.24. The van der Waals surface area contributed by atoms with E-state index in [9.17, 15) is 0 Å². The molecule has 0 bridgehead atoms. The summed E-state index contributed by atoms with van der Waals surface area (Å²) in [7, 11) is 0. The monoisotopic (exact) mass is 310 g/mol. The van der Waals surface area contributed by atoms with E-state index in [2.05, 4.69) is 43.8 Å². The molecule has 2 aromatic heterocycles. The fourth-order valence-corrected chi connectivity index (χ4v) is 3.10. The number of anilines is 2. The van der Waals surface area contributed by atoms with Gasteiger partial charge in [0, 0.05) is 24.2 Å². The van der Waals surface area contributed by atoms with E-state index < -0.39 is 0 Å². The number of nitrogens with one attached hydrogen (secondary N) is 2. The van der Waals surface area contributed by atoms with Crippen molar-refractivity contribution < 1.29 is 0 Å². The number of aromatic nitrogens is 4. The van der Waals surface area contributed by atoms with Gasteiger partial charge in [-0.3, -0.25) is 0 Å². The van der Waals surface area contributed by atoms with Crippen molar-refractivity contribution in [3.05, 3.63) is 35.8 Å². The van der Waals surface area contributed by atoms with Crippen LogP contribution in [0.3, 0.4) is 0 Å². The van der Waals surface area contributed by atoms with Crippen LogP contribution in [-0.2, 0) is 0 Å². The summed E-state index contributed by atoms with van der Waals surface area (Å²) in [5, 5.41) is 15.4. The van der Waals surface area contributed by atoms with Gasteiger partial charge in [-0.2, -0.15) is 0 Å². The van der Waals surface area contributed by atoms with E-state index in [1.807, 2.05) is 18.5 Å². The van der Waals surface area contributed by atoms with Crippen LogP contribution in [-0.4, -0.2) is 32.2 Å². The van der Waals surface area contributed by atoms with Crippen LogP contribution in [0.4, 0.5) is 11.8 Å².